The normalized spacial score (nSPS) is 16.6. The first-order valence-corrected chi connectivity index (χ1v) is 9.00. The molecule has 142 valence electrons. The van der Waals surface area contributed by atoms with E-state index in [0.717, 1.165) is 36.3 Å². The van der Waals surface area contributed by atoms with Crippen molar-refractivity contribution < 1.29 is 19.0 Å². The fourth-order valence-electron chi connectivity index (χ4n) is 3.39. The van der Waals surface area contributed by atoms with Gasteiger partial charge in [-0.05, 0) is 54.3 Å². The van der Waals surface area contributed by atoms with E-state index in [4.69, 9.17) is 14.2 Å². The maximum Gasteiger partial charge on any atom is 0.247 e. The standard InChI is InChI=1S/C22H25NO4/c1-25-18-9-7-17(8-10-18)21-5-4-12-23(21)22(24)11-6-16-13-19(26-2)15-20(14-16)27-3/h6-11,13-15,21H,4-5,12H2,1-3H3/b11-6+/t21-/m0/s1. The van der Waals surface area contributed by atoms with Crippen LogP contribution in [0.1, 0.15) is 30.0 Å². The van der Waals surface area contributed by atoms with Gasteiger partial charge in [-0.1, -0.05) is 12.1 Å². The van der Waals surface area contributed by atoms with Crippen molar-refractivity contribution in [3.8, 4) is 17.2 Å². The summed E-state index contributed by atoms with van der Waals surface area (Å²) in [4.78, 5) is 14.7. The van der Waals surface area contributed by atoms with Gasteiger partial charge in [0.2, 0.25) is 5.91 Å². The van der Waals surface area contributed by atoms with E-state index in [0.29, 0.717) is 11.5 Å². The fourth-order valence-corrected chi connectivity index (χ4v) is 3.39. The Morgan fingerprint density at radius 3 is 2.19 bits per heavy atom. The van der Waals surface area contributed by atoms with E-state index >= 15 is 0 Å². The zero-order chi connectivity index (χ0) is 19.2. The lowest BCUT2D eigenvalue weighted by Gasteiger charge is -2.24. The van der Waals surface area contributed by atoms with Crippen LogP contribution in [0.15, 0.2) is 48.5 Å². The van der Waals surface area contributed by atoms with Gasteiger partial charge in [0.05, 0.1) is 27.4 Å². The van der Waals surface area contributed by atoms with Gasteiger partial charge in [-0.3, -0.25) is 4.79 Å². The molecule has 27 heavy (non-hydrogen) atoms. The Hall–Kier alpha value is -2.95. The molecule has 2 aromatic rings. The third-order valence-electron chi connectivity index (χ3n) is 4.83. The number of methoxy groups -OCH3 is 3. The maximum absolute atomic E-state index is 12.8. The number of rotatable bonds is 6. The highest BCUT2D eigenvalue weighted by Crippen LogP contribution is 2.33. The summed E-state index contributed by atoms with van der Waals surface area (Å²) in [7, 11) is 4.87. The minimum atomic E-state index is 0.00936. The fraction of sp³-hybridized carbons (Fsp3) is 0.318. The number of carbonyl (C=O) groups is 1. The monoisotopic (exact) mass is 367 g/mol. The van der Waals surface area contributed by atoms with Crippen LogP contribution in [0.5, 0.6) is 17.2 Å². The number of carbonyl (C=O) groups excluding carboxylic acids is 1. The second-order valence-corrected chi connectivity index (χ2v) is 6.44. The molecule has 0 saturated carbocycles. The summed E-state index contributed by atoms with van der Waals surface area (Å²) < 4.78 is 15.8. The lowest BCUT2D eigenvalue weighted by Crippen LogP contribution is -2.28. The Labute approximate surface area is 160 Å². The smallest absolute Gasteiger partial charge is 0.247 e. The van der Waals surface area contributed by atoms with Crippen molar-refractivity contribution in [1.82, 2.24) is 4.90 Å². The summed E-state index contributed by atoms with van der Waals surface area (Å²) in [5.74, 6) is 2.22. The predicted molar refractivity (Wildman–Crippen MR) is 105 cm³/mol. The Morgan fingerprint density at radius 1 is 0.963 bits per heavy atom. The van der Waals surface area contributed by atoms with Gasteiger partial charge in [-0.25, -0.2) is 0 Å². The SMILES string of the molecule is COc1ccc([C@@H]2CCCN2C(=O)/C=C/c2cc(OC)cc(OC)c2)cc1. The van der Waals surface area contributed by atoms with Gasteiger partial charge in [0.25, 0.3) is 0 Å². The molecule has 1 saturated heterocycles. The third-order valence-corrected chi connectivity index (χ3v) is 4.83. The molecule has 1 aliphatic rings. The molecule has 1 heterocycles. The van der Waals surface area contributed by atoms with Gasteiger partial charge in [0, 0.05) is 18.7 Å². The maximum atomic E-state index is 12.8. The Kier molecular flexibility index (Phi) is 6.01. The first-order chi connectivity index (χ1) is 13.1. The van der Waals surface area contributed by atoms with Gasteiger partial charge >= 0.3 is 0 Å². The quantitative estimate of drug-likeness (QED) is 0.722. The Balaban J connectivity index is 1.75. The summed E-state index contributed by atoms with van der Waals surface area (Å²) in [6.45, 7) is 0.765. The molecule has 1 aliphatic heterocycles. The first kappa shape index (κ1) is 18.8. The molecule has 0 aromatic heterocycles. The van der Waals surface area contributed by atoms with Crippen molar-refractivity contribution in [2.75, 3.05) is 27.9 Å². The zero-order valence-corrected chi connectivity index (χ0v) is 16.0. The molecule has 2 aromatic carbocycles. The largest absolute Gasteiger partial charge is 0.497 e. The van der Waals surface area contributed by atoms with Crippen molar-refractivity contribution in [1.29, 1.82) is 0 Å². The molecule has 0 bridgehead atoms. The highest BCUT2D eigenvalue weighted by molar-refractivity contribution is 5.92. The van der Waals surface area contributed by atoms with Crippen LogP contribution < -0.4 is 14.2 Å². The summed E-state index contributed by atoms with van der Waals surface area (Å²) in [6.07, 6.45) is 5.40. The second kappa shape index (κ2) is 8.62. The third kappa shape index (κ3) is 4.42. The van der Waals surface area contributed by atoms with Gasteiger partial charge in [0.15, 0.2) is 0 Å². The van der Waals surface area contributed by atoms with Crippen molar-refractivity contribution in [3.63, 3.8) is 0 Å². The molecule has 1 amide bonds. The van der Waals surface area contributed by atoms with Crippen LogP contribution in [-0.4, -0.2) is 38.7 Å². The van der Waals surface area contributed by atoms with Gasteiger partial charge in [-0.15, -0.1) is 0 Å². The average molecular weight is 367 g/mol. The molecule has 5 nitrogen and oxygen atoms in total. The lowest BCUT2D eigenvalue weighted by molar-refractivity contribution is -0.126. The predicted octanol–water partition coefficient (Wildman–Crippen LogP) is 4.09. The van der Waals surface area contributed by atoms with E-state index in [-0.39, 0.29) is 11.9 Å². The van der Waals surface area contributed by atoms with Gasteiger partial charge < -0.3 is 19.1 Å². The van der Waals surface area contributed by atoms with E-state index in [9.17, 15) is 4.79 Å². The number of hydrogen-bond acceptors (Lipinski definition) is 4. The summed E-state index contributed by atoms with van der Waals surface area (Å²) in [6, 6.07) is 13.6. The average Bonchev–Trinajstić information content (AvgIpc) is 3.21. The molecule has 0 unspecified atom stereocenters. The number of benzene rings is 2. The van der Waals surface area contributed by atoms with E-state index in [1.165, 1.54) is 0 Å². The van der Waals surface area contributed by atoms with Gasteiger partial charge in [-0.2, -0.15) is 0 Å². The van der Waals surface area contributed by atoms with Crippen molar-refractivity contribution in [2.45, 2.75) is 18.9 Å². The Morgan fingerprint density at radius 2 is 1.59 bits per heavy atom. The van der Waals surface area contributed by atoms with Crippen molar-refractivity contribution >= 4 is 12.0 Å². The molecular formula is C22H25NO4. The molecule has 5 heteroatoms. The summed E-state index contributed by atoms with van der Waals surface area (Å²) in [5.41, 5.74) is 2.00. The van der Waals surface area contributed by atoms with E-state index < -0.39 is 0 Å². The van der Waals surface area contributed by atoms with Crippen LogP contribution in [0.3, 0.4) is 0 Å². The van der Waals surface area contributed by atoms with Gasteiger partial charge in [0.1, 0.15) is 17.2 Å². The summed E-state index contributed by atoms with van der Waals surface area (Å²) in [5, 5.41) is 0. The van der Waals surface area contributed by atoms with Crippen LogP contribution in [0.25, 0.3) is 6.08 Å². The molecule has 0 aliphatic carbocycles. The van der Waals surface area contributed by atoms with Crippen LogP contribution in [0, 0.1) is 0 Å². The molecule has 0 N–H and O–H groups in total. The number of nitrogens with zero attached hydrogens (tertiary/aromatic N) is 1. The second-order valence-electron chi connectivity index (χ2n) is 6.44. The van der Waals surface area contributed by atoms with E-state index in [1.54, 1.807) is 39.5 Å². The minimum Gasteiger partial charge on any atom is -0.497 e. The number of likely N-dealkylation sites (tertiary alicyclic amines) is 1. The topological polar surface area (TPSA) is 48.0 Å². The van der Waals surface area contributed by atoms with E-state index in [2.05, 4.69) is 0 Å². The molecule has 0 radical (unpaired) electrons. The van der Waals surface area contributed by atoms with Crippen molar-refractivity contribution in [2.24, 2.45) is 0 Å². The number of ether oxygens (including phenoxy) is 3. The molecular weight excluding hydrogens is 342 g/mol. The summed E-state index contributed by atoms with van der Waals surface area (Å²) >= 11 is 0. The van der Waals surface area contributed by atoms with Crippen molar-refractivity contribution in [3.05, 3.63) is 59.7 Å². The number of amides is 1. The zero-order valence-electron chi connectivity index (χ0n) is 16.0. The van der Waals surface area contributed by atoms with Crippen LogP contribution >= 0.6 is 0 Å². The highest BCUT2D eigenvalue weighted by atomic mass is 16.5. The Bertz CT molecular complexity index is 791. The highest BCUT2D eigenvalue weighted by Gasteiger charge is 2.28. The molecule has 1 fully saturated rings. The van der Waals surface area contributed by atoms with E-state index in [1.807, 2.05) is 41.3 Å². The molecule has 1 atom stereocenters. The number of hydrogen-bond donors (Lipinski definition) is 0. The van der Waals surface area contributed by atoms with Crippen LogP contribution in [-0.2, 0) is 4.79 Å². The lowest BCUT2D eigenvalue weighted by atomic mass is 10.0. The molecule has 0 spiro atoms. The van der Waals surface area contributed by atoms with Crippen LogP contribution in [0.2, 0.25) is 0 Å². The minimum absolute atomic E-state index is 0.00936. The van der Waals surface area contributed by atoms with Crippen LogP contribution in [0.4, 0.5) is 0 Å². The first-order valence-electron chi connectivity index (χ1n) is 9.00. The molecule has 3 rings (SSSR count).